The number of fused-ring (bicyclic) bond motifs is 2. The third kappa shape index (κ3) is 6.02. The van der Waals surface area contributed by atoms with Gasteiger partial charge in [0.1, 0.15) is 18.3 Å². The van der Waals surface area contributed by atoms with Crippen LogP contribution in [0.3, 0.4) is 0 Å². The number of hydrogen-bond acceptors (Lipinski definition) is 13. The van der Waals surface area contributed by atoms with Crippen LogP contribution in [-0.2, 0) is 23.1 Å². The zero-order chi connectivity index (χ0) is 28.6. The molecule has 0 spiro atoms. The molecule has 5 atom stereocenters. The number of imidazole rings is 1. The number of anilines is 3. The van der Waals surface area contributed by atoms with Crippen LogP contribution in [0.2, 0.25) is 0 Å². The molecule has 1 aromatic carbocycles. The molecule has 15 nitrogen and oxygen atoms in total. The van der Waals surface area contributed by atoms with Crippen molar-refractivity contribution >= 4 is 54.0 Å². The summed E-state index contributed by atoms with van der Waals surface area (Å²) in [6.45, 7) is -0.327. The van der Waals surface area contributed by atoms with Gasteiger partial charge in [0.25, 0.3) is 13.4 Å². The van der Waals surface area contributed by atoms with E-state index >= 15 is 0 Å². The monoisotopic (exact) mass is 595 g/mol. The molecule has 5 N–H and O–H groups in total. The van der Waals surface area contributed by atoms with Crippen molar-refractivity contribution in [3.05, 3.63) is 34.6 Å². The number of nitrogen functional groups attached to an aromatic ring is 1. The van der Waals surface area contributed by atoms with Gasteiger partial charge in [0.2, 0.25) is 11.9 Å². The Morgan fingerprint density at radius 2 is 2.10 bits per heavy atom. The maximum Gasteiger partial charge on any atom is 1.00 e. The fourth-order valence-electron chi connectivity index (χ4n) is 4.47. The minimum Gasteiger partial charge on any atom is -0.756 e. The molecular formula is C23H30N7O8PS. The first-order chi connectivity index (χ1) is 19.0. The van der Waals surface area contributed by atoms with Crippen LogP contribution in [0.4, 0.5) is 17.3 Å². The number of thioether (sulfide) groups is 1. The maximum absolute atomic E-state index is 12.5. The van der Waals surface area contributed by atoms with Crippen molar-refractivity contribution in [1.82, 2.24) is 19.5 Å². The number of phosphoric ester groups is 1. The third-order valence-corrected chi connectivity index (χ3v) is 8.45. The van der Waals surface area contributed by atoms with Gasteiger partial charge in [-0.25, -0.2) is 4.98 Å². The lowest BCUT2D eigenvalue weighted by Gasteiger charge is -2.34. The normalized spacial score (nSPS) is 26.1. The molecule has 4 heterocycles. The van der Waals surface area contributed by atoms with Gasteiger partial charge in [-0.05, 0) is 37.1 Å². The van der Waals surface area contributed by atoms with Gasteiger partial charge in [0.15, 0.2) is 22.5 Å². The number of ether oxygens (including phenoxy) is 1. The van der Waals surface area contributed by atoms with Gasteiger partial charge < -0.3 is 39.7 Å². The summed E-state index contributed by atoms with van der Waals surface area (Å²) in [5, 5.41) is 14.1. The Hall–Kier alpha value is -2.98. The summed E-state index contributed by atoms with van der Waals surface area (Å²) in [5.41, 5.74) is 6.97. The Balaban J connectivity index is 0.00000387. The topological polar surface area (TPSA) is 210 Å². The summed E-state index contributed by atoms with van der Waals surface area (Å²) in [7, 11) is -0.699. The Labute approximate surface area is 234 Å². The van der Waals surface area contributed by atoms with E-state index in [0.29, 0.717) is 35.9 Å². The number of carbonyl (C=O) groups is 1. The van der Waals surface area contributed by atoms with Crippen LogP contribution in [0.15, 0.2) is 34.2 Å². The first kappa shape index (κ1) is 28.5. The van der Waals surface area contributed by atoms with Gasteiger partial charge in [0.05, 0.1) is 6.61 Å². The van der Waals surface area contributed by atoms with Crippen molar-refractivity contribution in [2.75, 3.05) is 42.4 Å². The van der Waals surface area contributed by atoms with Gasteiger partial charge in [0, 0.05) is 37.6 Å². The van der Waals surface area contributed by atoms with E-state index in [4.69, 9.17) is 19.5 Å². The molecule has 0 bridgehead atoms. The number of H-pyrrole nitrogens is 1. The first-order valence-corrected chi connectivity index (χ1v) is 14.9. The van der Waals surface area contributed by atoms with Gasteiger partial charge in [-0.3, -0.25) is 23.7 Å². The van der Waals surface area contributed by atoms with Gasteiger partial charge in [-0.1, -0.05) is 11.8 Å². The highest BCUT2D eigenvalue weighted by Gasteiger charge is 2.51. The highest BCUT2D eigenvalue weighted by atomic mass is 32.2. The number of unbranched alkanes of at least 4 members (excludes halogenated alkanes) is 1. The molecule has 2 fully saturated rings. The first-order valence-electron chi connectivity index (χ1n) is 12.5. The summed E-state index contributed by atoms with van der Waals surface area (Å²) in [6.07, 6.45) is -3.12. The second-order valence-electron chi connectivity index (χ2n) is 9.55. The molecule has 2 aliphatic rings. The van der Waals surface area contributed by atoms with Crippen LogP contribution >= 0.6 is 19.6 Å². The molecule has 5 rings (SSSR count). The molecule has 0 aliphatic carbocycles. The van der Waals surface area contributed by atoms with E-state index in [-0.39, 0.29) is 31.1 Å². The fourth-order valence-corrected chi connectivity index (χ4v) is 6.44. The van der Waals surface area contributed by atoms with Crippen molar-refractivity contribution in [1.29, 1.82) is 0 Å². The van der Waals surface area contributed by atoms with E-state index in [0.717, 1.165) is 5.69 Å². The van der Waals surface area contributed by atoms with E-state index < -0.39 is 37.9 Å². The summed E-state index contributed by atoms with van der Waals surface area (Å²) >= 11 is 1.27. The number of aromatic nitrogens is 4. The van der Waals surface area contributed by atoms with Crippen molar-refractivity contribution < 1.29 is 34.6 Å². The average molecular weight is 596 g/mol. The molecule has 0 radical (unpaired) electrons. The number of nitrogens with zero attached hydrogens (tertiary/aromatic N) is 4. The molecule has 2 saturated heterocycles. The summed E-state index contributed by atoms with van der Waals surface area (Å²) in [4.78, 5) is 49.6. The van der Waals surface area contributed by atoms with Crippen LogP contribution < -0.4 is 26.4 Å². The summed E-state index contributed by atoms with van der Waals surface area (Å²) < 4.78 is 28.7. The average Bonchev–Trinajstić information content (AvgIpc) is 3.40. The molecule has 0 saturated carbocycles. The lowest BCUT2D eigenvalue weighted by atomic mass is 10.1. The molecule has 40 heavy (non-hydrogen) atoms. The second kappa shape index (κ2) is 11.5. The number of aliphatic hydroxyl groups is 1. The van der Waals surface area contributed by atoms with Crippen molar-refractivity contribution in [2.24, 2.45) is 0 Å². The molecule has 216 valence electrons. The second-order valence-corrected chi connectivity index (χ2v) is 12.0. The van der Waals surface area contributed by atoms with Gasteiger partial charge in [-0.2, -0.15) is 4.98 Å². The number of amides is 1. The van der Waals surface area contributed by atoms with Gasteiger partial charge in [-0.15, -0.1) is 0 Å². The molecular weight excluding hydrogens is 565 g/mol. The Kier molecular flexibility index (Phi) is 8.20. The highest BCUT2D eigenvalue weighted by Crippen LogP contribution is 2.50. The lowest BCUT2D eigenvalue weighted by Crippen LogP contribution is -2.41. The van der Waals surface area contributed by atoms with Crippen molar-refractivity contribution in [3.8, 4) is 0 Å². The van der Waals surface area contributed by atoms with Crippen LogP contribution in [0.5, 0.6) is 0 Å². The van der Waals surface area contributed by atoms with E-state index in [1.807, 2.05) is 43.3 Å². The maximum atomic E-state index is 12.5. The SMILES string of the molecule is CN(C)c1ccc(NC(=O)CCCCSc2nc3c(=O)[nH]c(N)nc3n2[C@@H]2OC3COP(=O)([O-])O[C@H]3C2O)cc1.[H+]. The molecule has 2 aromatic heterocycles. The summed E-state index contributed by atoms with van der Waals surface area (Å²) in [5.74, 6) is 0.252. The van der Waals surface area contributed by atoms with E-state index in [1.165, 1.54) is 16.3 Å². The number of aliphatic hydroxyl groups excluding tert-OH is 1. The van der Waals surface area contributed by atoms with Gasteiger partial charge >= 0.3 is 1.43 Å². The molecule has 1 amide bonds. The fraction of sp³-hybridized carbons (Fsp3) is 0.478. The van der Waals surface area contributed by atoms with E-state index in [2.05, 4.69) is 20.3 Å². The van der Waals surface area contributed by atoms with E-state index in [9.17, 15) is 24.2 Å². The zero-order valence-electron chi connectivity index (χ0n) is 22.7. The number of carbonyl (C=O) groups excluding carboxylic acids is 1. The summed E-state index contributed by atoms with van der Waals surface area (Å²) in [6, 6.07) is 7.53. The smallest absolute Gasteiger partial charge is 0.756 e. The minimum atomic E-state index is -4.58. The Morgan fingerprint density at radius 3 is 2.83 bits per heavy atom. The van der Waals surface area contributed by atoms with Crippen LogP contribution in [0.25, 0.3) is 11.2 Å². The number of nitrogens with one attached hydrogen (secondary N) is 2. The predicted molar refractivity (Wildman–Crippen MR) is 146 cm³/mol. The Morgan fingerprint density at radius 1 is 1.35 bits per heavy atom. The third-order valence-electron chi connectivity index (χ3n) is 6.44. The quantitative estimate of drug-likeness (QED) is 0.154. The van der Waals surface area contributed by atoms with Crippen LogP contribution in [-0.4, -0.2) is 75.3 Å². The van der Waals surface area contributed by atoms with Crippen molar-refractivity contribution in [2.45, 2.75) is 49.0 Å². The standard InChI is InChI=1S/C23H30N7O8PS/c1-29(2)13-8-6-12(7-9-13)25-15(31)5-3-4-10-40-23-26-16-19(27-22(24)28-20(16)33)30(23)21-17(32)18-14(37-21)11-36-39(34,35)38-18/h6-9,14,17-18,21,32H,3-5,10-11H2,1-2H3,(H,25,31)(H,34,35)(H3,24,27,28,33)/t14?,17?,18-,21-/m1/s1. The largest absolute Gasteiger partial charge is 1.00 e. The lowest BCUT2D eigenvalue weighted by molar-refractivity contribution is -0.245. The van der Waals surface area contributed by atoms with Crippen molar-refractivity contribution in [3.63, 3.8) is 0 Å². The predicted octanol–water partition coefficient (Wildman–Crippen LogP) is 0.924. The number of rotatable bonds is 9. The number of hydrogen-bond donors (Lipinski definition) is 4. The zero-order valence-corrected chi connectivity index (χ0v) is 23.4. The number of nitrogens with two attached hydrogens (primary N) is 1. The number of benzene rings is 1. The number of phosphoric acid groups is 1. The van der Waals surface area contributed by atoms with E-state index in [1.54, 1.807) is 0 Å². The molecule has 3 aromatic rings. The highest BCUT2D eigenvalue weighted by molar-refractivity contribution is 7.99. The molecule has 2 aliphatic heterocycles. The number of aromatic amines is 1. The minimum absolute atomic E-state index is 0. The Bertz CT molecular complexity index is 1500. The van der Waals surface area contributed by atoms with Crippen LogP contribution in [0.1, 0.15) is 26.9 Å². The molecule has 17 heteroatoms. The molecule has 3 unspecified atom stereocenters. The van der Waals surface area contributed by atoms with Crippen LogP contribution in [0, 0.1) is 0 Å².